The summed E-state index contributed by atoms with van der Waals surface area (Å²) in [6.45, 7) is 15.5. The molecule has 0 aromatic carbocycles. The average Bonchev–Trinajstić information content (AvgIpc) is 2.99. The van der Waals surface area contributed by atoms with Crippen molar-refractivity contribution in [1.29, 1.82) is 5.26 Å². The van der Waals surface area contributed by atoms with Crippen LogP contribution in [0.5, 0.6) is 0 Å². The van der Waals surface area contributed by atoms with E-state index in [4.69, 9.17) is 0 Å². The SMILES string of the molecule is CC(=O)NC(C(=O)N1CC2C(C1C(=O)NC(C#N)CC1CC(C)(C)NC1=O)C2(C)C)C(C)(C)C. The van der Waals surface area contributed by atoms with Gasteiger partial charge in [0, 0.05) is 24.9 Å². The molecule has 2 heterocycles. The van der Waals surface area contributed by atoms with E-state index in [1.807, 2.05) is 34.6 Å². The van der Waals surface area contributed by atoms with Gasteiger partial charge in [0.15, 0.2) is 0 Å². The van der Waals surface area contributed by atoms with E-state index in [2.05, 4.69) is 35.9 Å². The van der Waals surface area contributed by atoms with Crippen LogP contribution < -0.4 is 16.0 Å². The molecule has 0 radical (unpaired) electrons. The van der Waals surface area contributed by atoms with Gasteiger partial charge in [0.1, 0.15) is 18.1 Å². The maximum atomic E-state index is 13.6. The summed E-state index contributed by atoms with van der Waals surface area (Å²) in [5.41, 5.74) is -0.956. The van der Waals surface area contributed by atoms with Gasteiger partial charge in [-0.2, -0.15) is 5.26 Å². The number of nitriles is 1. The maximum Gasteiger partial charge on any atom is 0.246 e. The van der Waals surface area contributed by atoms with Gasteiger partial charge in [-0.1, -0.05) is 34.6 Å². The van der Waals surface area contributed by atoms with Crippen LogP contribution >= 0.6 is 0 Å². The summed E-state index contributed by atoms with van der Waals surface area (Å²) in [6.07, 6.45) is 0.821. The second-order valence-electron chi connectivity index (χ2n) is 12.6. The molecule has 0 aromatic rings. The summed E-state index contributed by atoms with van der Waals surface area (Å²) in [6, 6.07) is -0.183. The first-order chi connectivity index (χ1) is 15.5. The molecule has 2 aliphatic heterocycles. The molecule has 3 fully saturated rings. The van der Waals surface area contributed by atoms with Crippen molar-refractivity contribution in [1.82, 2.24) is 20.9 Å². The fourth-order valence-electron chi connectivity index (χ4n) is 5.90. The average molecular weight is 474 g/mol. The van der Waals surface area contributed by atoms with Crippen LogP contribution in [-0.2, 0) is 19.2 Å². The number of carbonyl (C=O) groups is 4. The van der Waals surface area contributed by atoms with Gasteiger partial charge in [-0.05, 0) is 49.4 Å². The highest BCUT2D eigenvalue weighted by Crippen LogP contribution is 2.65. The predicted molar refractivity (Wildman–Crippen MR) is 126 cm³/mol. The molecule has 188 valence electrons. The number of fused-ring (bicyclic) bond motifs is 1. The standard InChI is InChI=1S/C25H39N5O4/c1-13(31)27-19(23(2,3)4)22(34)30-12-16-17(25(16,7)8)18(30)21(33)28-15(11-26)9-14-10-24(5,6)29-20(14)32/h14-19H,9-10,12H2,1-8H3,(H,27,31)(H,28,33)(H,29,32). The Kier molecular flexibility index (Phi) is 6.53. The largest absolute Gasteiger partial charge is 0.351 e. The zero-order valence-corrected chi connectivity index (χ0v) is 21.6. The second kappa shape index (κ2) is 8.54. The van der Waals surface area contributed by atoms with Gasteiger partial charge < -0.3 is 20.9 Å². The topological polar surface area (TPSA) is 131 Å². The predicted octanol–water partition coefficient (Wildman–Crippen LogP) is 1.33. The molecule has 9 nitrogen and oxygen atoms in total. The third-order valence-corrected chi connectivity index (χ3v) is 7.80. The van der Waals surface area contributed by atoms with E-state index in [-0.39, 0.29) is 58.8 Å². The Balaban J connectivity index is 1.78. The van der Waals surface area contributed by atoms with Crippen LogP contribution in [0.1, 0.15) is 68.2 Å². The lowest BCUT2D eigenvalue weighted by Crippen LogP contribution is -2.59. The third-order valence-electron chi connectivity index (χ3n) is 7.80. The van der Waals surface area contributed by atoms with Crippen LogP contribution in [0.3, 0.4) is 0 Å². The first kappa shape index (κ1) is 26.0. The summed E-state index contributed by atoms with van der Waals surface area (Å²) >= 11 is 0. The smallest absolute Gasteiger partial charge is 0.246 e. The van der Waals surface area contributed by atoms with E-state index in [0.29, 0.717) is 13.0 Å². The van der Waals surface area contributed by atoms with E-state index in [1.165, 1.54) is 6.92 Å². The van der Waals surface area contributed by atoms with Crippen LogP contribution in [0.4, 0.5) is 0 Å². The van der Waals surface area contributed by atoms with Crippen LogP contribution in [0.25, 0.3) is 0 Å². The number of hydrogen-bond donors (Lipinski definition) is 3. The molecular formula is C25H39N5O4. The molecule has 2 saturated heterocycles. The molecule has 9 heteroatoms. The zero-order chi connectivity index (χ0) is 25.8. The Morgan fingerprint density at radius 1 is 1.21 bits per heavy atom. The van der Waals surface area contributed by atoms with E-state index in [9.17, 15) is 24.4 Å². The van der Waals surface area contributed by atoms with Crippen molar-refractivity contribution in [3.05, 3.63) is 0 Å². The monoisotopic (exact) mass is 473 g/mol. The molecule has 0 aromatic heterocycles. The van der Waals surface area contributed by atoms with Crippen molar-refractivity contribution < 1.29 is 19.2 Å². The second-order valence-corrected chi connectivity index (χ2v) is 12.6. The number of amides is 4. The normalized spacial score (nSPS) is 30.4. The minimum Gasteiger partial charge on any atom is -0.351 e. The van der Waals surface area contributed by atoms with E-state index in [1.54, 1.807) is 4.90 Å². The van der Waals surface area contributed by atoms with Gasteiger partial charge in [0.05, 0.1) is 6.07 Å². The number of rotatable bonds is 6. The van der Waals surface area contributed by atoms with E-state index < -0.39 is 23.5 Å². The quantitative estimate of drug-likeness (QED) is 0.536. The van der Waals surface area contributed by atoms with E-state index >= 15 is 0 Å². The highest BCUT2D eigenvalue weighted by molar-refractivity contribution is 5.94. The highest BCUT2D eigenvalue weighted by Gasteiger charge is 2.69. The fraction of sp³-hybridized carbons (Fsp3) is 0.800. The molecule has 0 bridgehead atoms. The van der Waals surface area contributed by atoms with Gasteiger partial charge in [-0.3, -0.25) is 19.2 Å². The molecule has 3 N–H and O–H groups in total. The van der Waals surface area contributed by atoms with Gasteiger partial charge in [0.25, 0.3) is 0 Å². The van der Waals surface area contributed by atoms with Crippen LogP contribution in [-0.4, -0.2) is 58.7 Å². The van der Waals surface area contributed by atoms with Crippen molar-refractivity contribution in [3.63, 3.8) is 0 Å². The number of piperidine rings is 1. The van der Waals surface area contributed by atoms with Crippen LogP contribution in [0.15, 0.2) is 0 Å². The van der Waals surface area contributed by atoms with Crippen LogP contribution in [0.2, 0.25) is 0 Å². The summed E-state index contributed by atoms with van der Waals surface area (Å²) in [5, 5.41) is 18.2. The maximum absolute atomic E-state index is 13.6. The number of hydrogen-bond acceptors (Lipinski definition) is 5. The lowest BCUT2D eigenvalue weighted by Gasteiger charge is -2.37. The number of nitrogens with one attached hydrogen (secondary N) is 3. The first-order valence-electron chi connectivity index (χ1n) is 12.1. The Morgan fingerprint density at radius 2 is 1.82 bits per heavy atom. The van der Waals surface area contributed by atoms with Crippen molar-refractivity contribution in [3.8, 4) is 6.07 Å². The Labute approximate surface area is 202 Å². The summed E-state index contributed by atoms with van der Waals surface area (Å²) in [4.78, 5) is 52.8. The molecular weight excluding hydrogens is 434 g/mol. The van der Waals surface area contributed by atoms with Gasteiger partial charge in [-0.25, -0.2) is 0 Å². The highest BCUT2D eigenvalue weighted by atomic mass is 16.2. The molecule has 0 spiro atoms. The first-order valence-corrected chi connectivity index (χ1v) is 12.1. The fourth-order valence-corrected chi connectivity index (χ4v) is 5.90. The molecule has 6 atom stereocenters. The summed E-state index contributed by atoms with van der Waals surface area (Å²) in [7, 11) is 0. The number of carbonyl (C=O) groups excluding carboxylic acids is 4. The van der Waals surface area contributed by atoms with Gasteiger partial charge >= 0.3 is 0 Å². The lowest BCUT2D eigenvalue weighted by atomic mass is 9.85. The lowest BCUT2D eigenvalue weighted by molar-refractivity contribution is -0.145. The Morgan fingerprint density at radius 3 is 2.29 bits per heavy atom. The van der Waals surface area contributed by atoms with Crippen LogP contribution in [0, 0.1) is 39.9 Å². The molecule has 3 aliphatic rings. The molecule has 34 heavy (non-hydrogen) atoms. The third kappa shape index (κ3) is 4.91. The Hall–Kier alpha value is -2.63. The van der Waals surface area contributed by atoms with Crippen molar-refractivity contribution in [2.75, 3.05) is 6.54 Å². The van der Waals surface area contributed by atoms with Gasteiger partial charge in [0.2, 0.25) is 23.6 Å². The molecule has 1 saturated carbocycles. The molecule has 3 rings (SSSR count). The number of nitrogens with zero attached hydrogens (tertiary/aromatic N) is 2. The van der Waals surface area contributed by atoms with Gasteiger partial charge in [-0.15, -0.1) is 0 Å². The molecule has 1 aliphatic carbocycles. The van der Waals surface area contributed by atoms with Crippen molar-refractivity contribution in [2.24, 2.45) is 28.6 Å². The number of likely N-dealkylation sites (tertiary alicyclic amines) is 1. The summed E-state index contributed by atoms with van der Waals surface area (Å²) < 4.78 is 0. The summed E-state index contributed by atoms with van der Waals surface area (Å²) in [5.74, 6) is -1.24. The van der Waals surface area contributed by atoms with Crippen molar-refractivity contribution in [2.45, 2.75) is 91.9 Å². The zero-order valence-electron chi connectivity index (χ0n) is 21.6. The van der Waals surface area contributed by atoms with Crippen molar-refractivity contribution >= 4 is 23.6 Å². The van der Waals surface area contributed by atoms with E-state index in [0.717, 1.165) is 0 Å². The molecule has 4 amide bonds. The molecule has 6 unspecified atom stereocenters. The minimum absolute atomic E-state index is 0.0116. The Bertz CT molecular complexity index is 929. The minimum atomic E-state index is -0.830.